The van der Waals surface area contributed by atoms with Gasteiger partial charge in [-0.3, -0.25) is 0 Å². The second-order valence-electron chi connectivity index (χ2n) is 4.10. The van der Waals surface area contributed by atoms with Crippen molar-refractivity contribution in [2.45, 2.75) is 38.5 Å². The zero-order chi connectivity index (χ0) is 7.73. The first-order valence-corrected chi connectivity index (χ1v) is 4.52. The van der Waals surface area contributed by atoms with Crippen LogP contribution in [0.3, 0.4) is 0 Å². The lowest BCUT2D eigenvalue weighted by atomic mass is 9.80. The molecule has 0 aromatic rings. The van der Waals surface area contributed by atoms with E-state index in [9.17, 15) is 0 Å². The molecule has 2 nitrogen and oxygen atoms in total. The van der Waals surface area contributed by atoms with Gasteiger partial charge in [-0.15, -0.1) is 5.16 Å². The van der Waals surface area contributed by atoms with Crippen molar-refractivity contribution >= 4 is 6.21 Å². The molecule has 1 spiro atoms. The molecule has 0 saturated heterocycles. The van der Waals surface area contributed by atoms with Crippen LogP contribution in [0, 0.1) is 11.3 Å². The van der Waals surface area contributed by atoms with E-state index in [2.05, 4.69) is 5.16 Å². The molecule has 0 aromatic heterocycles. The summed E-state index contributed by atoms with van der Waals surface area (Å²) in [6.45, 7) is 0. The monoisotopic (exact) mass is 153 g/mol. The predicted molar refractivity (Wildman–Crippen MR) is 43.9 cm³/mol. The molecule has 1 N–H and O–H groups in total. The lowest BCUT2D eigenvalue weighted by molar-refractivity contribution is 0.288. The Morgan fingerprint density at radius 2 is 1.82 bits per heavy atom. The van der Waals surface area contributed by atoms with Gasteiger partial charge in [0.1, 0.15) is 0 Å². The average Bonchev–Trinajstić information content (AvgIpc) is 2.76. The fourth-order valence-electron chi connectivity index (χ4n) is 2.17. The normalized spacial score (nSPS) is 29.8. The van der Waals surface area contributed by atoms with Gasteiger partial charge in [0.25, 0.3) is 0 Å². The minimum Gasteiger partial charge on any atom is -0.411 e. The van der Waals surface area contributed by atoms with Gasteiger partial charge in [0, 0.05) is 6.21 Å². The van der Waals surface area contributed by atoms with Gasteiger partial charge in [0.15, 0.2) is 0 Å². The second kappa shape index (κ2) is 2.50. The third kappa shape index (κ3) is 1.39. The van der Waals surface area contributed by atoms with Crippen LogP contribution in [0.15, 0.2) is 5.16 Å². The van der Waals surface area contributed by atoms with Crippen LogP contribution in [0.5, 0.6) is 0 Å². The first kappa shape index (κ1) is 7.14. The smallest absolute Gasteiger partial charge is 0.0466 e. The third-order valence-corrected chi connectivity index (χ3v) is 3.33. The number of hydrogen-bond donors (Lipinski definition) is 1. The molecular formula is C9H15NO. The maximum atomic E-state index is 8.33. The topological polar surface area (TPSA) is 32.6 Å². The highest BCUT2D eigenvalue weighted by molar-refractivity contribution is 5.59. The summed E-state index contributed by atoms with van der Waals surface area (Å²) in [5.74, 6) is 0.561. The lowest BCUT2D eigenvalue weighted by Crippen LogP contribution is -2.15. The molecule has 62 valence electrons. The standard InChI is InChI=1S/C9H15NO/c11-10-7-8-1-3-9(4-2-8)5-6-9/h7-8,11H,1-6H2/b10-7-. The van der Waals surface area contributed by atoms with Gasteiger partial charge in [-0.2, -0.15) is 0 Å². The van der Waals surface area contributed by atoms with Gasteiger partial charge in [-0.1, -0.05) is 0 Å². The molecule has 0 aromatic carbocycles. The van der Waals surface area contributed by atoms with E-state index in [1.807, 2.05) is 0 Å². The van der Waals surface area contributed by atoms with Gasteiger partial charge in [-0.05, 0) is 49.9 Å². The number of oxime groups is 1. The summed E-state index contributed by atoms with van der Waals surface area (Å²) in [6.07, 6.45) is 9.82. The Morgan fingerprint density at radius 3 is 2.27 bits per heavy atom. The van der Waals surface area contributed by atoms with Gasteiger partial charge in [0.2, 0.25) is 0 Å². The van der Waals surface area contributed by atoms with Crippen LogP contribution in [-0.2, 0) is 0 Å². The van der Waals surface area contributed by atoms with E-state index >= 15 is 0 Å². The summed E-state index contributed by atoms with van der Waals surface area (Å²) in [5, 5.41) is 11.4. The molecule has 2 saturated carbocycles. The highest BCUT2D eigenvalue weighted by atomic mass is 16.4. The summed E-state index contributed by atoms with van der Waals surface area (Å²) in [5.41, 5.74) is 0.764. The first-order chi connectivity index (χ1) is 5.35. The molecular weight excluding hydrogens is 138 g/mol. The molecule has 2 fully saturated rings. The Hall–Kier alpha value is -0.530. The van der Waals surface area contributed by atoms with Crippen LogP contribution in [0.25, 0.3) is 0 Å². The van der Waals surface area contributed by atoms with Crippen molar-refractivity contribution in [2.24, 2.45) is 16.5 Å². The van der Waals surface area contributed by atoms with Crippen molar-refractivity contribution in [1.29, 1.82) is 0 Å². The molecule has 0 amide bonds. The van der Waals surface area contributed by atoms with E-state index in [0.717, 1.165) is 5.41 Å². The van der Waals surface area contributed by atoms with E-state index in [-0.39, 0.29) is 0 Å². The van der Waals surface area contributed by atoms with Crippen molar-refractivity contribution in [1.82, 2.24) is 0 Å². The average molecular weight is 153 g/mol. The second-order valence-corrected chi connectivity index (χ2v) is 4.10. The summed E-state index contributed by atoms with van der Waals surface area (Å²) in [6, 6.07) is 0. The predicted octanol–water partition coefficient (Wildman–Crippen LogP) is 2.42. The maximum absolute atomic E-state index is 8.33. The first-order valence-electron chi connectivity index (χ1n) is 4.52. The third-order valence-electron chi connectivity index (χ3n) is 3.33. The quantitative estimate of drug-likeness (QED) is 0.350. The fraction of sp³-hybridized carbons (Fsp3) is 0.889. The minimum atomic E-state index is 0.561. The summed E-state index contributed by atoms with van der Waals surface area (Å²) in [4.78, 5) is 0. The van der Waals surface area contributed by atoms with Crippen LogP contribution in [-0.4, -0.2) is 11.4 Å². The molecule has 2 rings (SSSR count). The zero-order valence-corrected chi connectivity index (χ0v) is 6.79. The van der Waals surface area contributed by atoms with E-state index < -0.39 is 0 Å². The van der Waals surface area contributed by atoms with Gasteiger partial charge in [-0.25, -0.2) is 0 Å². The van der Waals surface area contributed by atoms with Crippen LogP contribution in [0.1, 0.15) is 38.5 Å². The van der Waals surface area contributed by atoms with E-state index in [1.54, 1.807) is 6.21 Å². The van der Waals surface area contributed by atoms with Crippen molar-refractivity contribution < 1.29 is 5.21 Å². The molecule has 2 heteroatoms. The maximum Gasteiger partial charge on any atom is 0.0466 e. The summed E-state index contributed by atoms with van der Waals surface area (Å²) >= 11 is 0. The summed E-state index contributed by atoms with van der Waals surface area (Å²) < 4.78 is 0. The summed E-state index contributed by atoms with van der Waals surface area (Å²) in [7, 11) is 0. The number of rotatable bonds is 1. The van der Waals surface area contributed by atoms with Crippen molar-refractivity contribution in [3.8, 4) is 0 Å². The van der Waals surface area contributed by atoms with Crippen LogP contribution in [0.2, 0.25) is 0 Å². The molecule has 0 heterocycles. The van der Waals surface area contributed by atoms with E-state index in [0.29, 0.717) is 5.92 Å². The number of nitrogens with zero attached hydrogens (tertiary/aromatic N) is 1. The Labute approximate surface area is 67.3 Å². The Bertz CT molecular complexity index is 162. The molecule has 2 aliphatic carbocycles. The highest BCUT2D eigenvalue weighted by Gasteiger charge is 2.44. The van der Waals surface area contributed by atoms with E-state index in [4.69, 9.17) is 5.21 Å². The Balaban J connectivity index is 1.84. The van der Waals surface area contributed by atoms with Crippen molar-refractivity contribution in [3.63, 3.8) is 0 Å². The molecule has 11 heavy (non-hydrogen) atoms. The fourth-order valence-corrected chi connectivity index (χ4v) is 2.17. The van der Waals surface area contributed by atoms with Gasteiger partial charge < -0.3 is 5.21 Å². The van der Waals surface area contributed by atoms with E-state index in [1.165, 1.54) is 38.5 Å². The van der Waals surface area contributed by atoms with Gasteiger partial charge >= 0.3 is 0 Å². The minimum absolute atomic E-state index is 0.561. The Morgan fingerprint density at radius 1 is 1.18 bits per heavy atom. The molecule has 0 atom stereocenters. The SMILES string of the molecule is O/N=C\C1CCC2(CC1)CC2. The molecule has 0 bridgehead atoms. The highest BCUT2D eigenvalue weighted by Crippen LogP contribution is 2.56. The molecule has 0 aliphatic heterocycles. The number of hydrogen-bond acceptors (Lipinski definition) is 2. The molecule has 0 radical (unpaired) electrons. The molecule has 2 aliphatic rings. The Kier molecular flexibility index (Phi) is 1.63. The van der Waals surface area contributed by atoms with Crippen LogP contribution < -0.4 is 0 Å². The van der Waals surface area contributed by atoms with Crippen molar-refractivity contribution in [2.75, 3.05) is 0 Å². The van der Waals surface area contributed by atoms with Crippen molar-refractivity contribution in [3.05, 3.63) is 0 Å². The molecule has 0 unspecified atom stereocenters. The largest absolute Gasteiger partial charge is 0.411 e. The van der Waals surface area contributed by atoms with Crippen LogP contribution >= 0.6 is 0 Å². The lowest BCUT2D eigenvalue weighted by Gasteiger charge is -2.25. The van der Waals surface area contributed by atoms with Gasteiger partial charge in [0.05, 0.1) is 0 Å². The van der Waals surface area contributed by atoms with Crippen LogP contribution in [0.4, 0.5) is 0 Å². The zero-order valence-electron chi connectivity index (χ0n) is 6.79.